The van der Waals surface area contributed by atoms with E-state index in [-0.39, 0.29) is 34.0 Å². The minimum Gasteiger partial charge on any atom is -0.506 e. The van der Waals surface area contributed by atoms with Crippen molar-refractivity contribution < 1.29 is 19.2 Å². The van der Waals surface area contributed by atoms with Gasteiger partial charge < -0.3 is 14.8 Å². The average Bonchev–Trinajstić information content (AvgIpc) is 3.12. The molecular formula is C16H11ClN4O5S. The van der Waals surface area contributed by atoms with Gasteiger partial charge in [0, 0.05) is 22.7 Å². The highest BCUT2D eigenvalue weighted by atomic mass is 35.5. The molecular weight excluding hydrogens is 396 g/mol. The number of hydrogen-bond acceptors (Lipinski definition) is 8. The highest BCUT2D eigenvalue weighted by molar-refractivity contribution is 7.99. The Morgan fingerprint density at radius 3 is 2.70 bits per heavy atom. The lowest BCUT2D eigenvalue weighted by atomic mass is 10.2. The van der Waals surface area contributed by atoms with Gasteiger partial charge >= 0.3 is 0 Å². The van der Waals surface area contributed by atoms with E-state index in [1.165, 1.54) is 42.5 Å². The number of nitro benzene ring substituents is 1. The number of anilines is 1. The first-order valence-electron chi connectivity index (χ1n) is 7.42. The summed E-state index contributed by atoms with van der Waals surface area (Å²) in [6.45, 7) is 0. The average molecular weight is 407 g/mol. The Balaban J connectivity index is 1.60. The van der Waals surface area contributed by atoms with E-state index < -0.39 is 10.8 Å². The first-order valence-corrected chi connectivity index (χ1v) is 8.78. The van der Waals surface area contributed by atoms with Gasteiger partial charge in [-0.15, -0.1) is 10.2 Å². The lowest BCUT2D eigenvalue weighted by Crippen LogP contribution is -2.14. The van der Waals surface area contributed by atoms with Crippen LogP contribution in [0.15, 0.2) is 52.1 Å². The van der Waals surface area contributed by atoms with Gasteiger partial charge in [0.15, 0.2) is 0 Å². The van der Waals surface area contributed by atoms with Gasteiger partial charge in [-0.2, -0.15) is 0 Å². The third-order valence-corrected chi connectivity index (χ3v) is 4.34. The van der Waals surface area contributed by atoms with Gasteiger partial charge in [0.25, 0.3) is 10.9 Å². The number of aromatic nitrogens is 2. The Labute approximate surface area is 161 Å². The molecule has 9 nitrogen and oxygen atoms in total. The Kier molecular flexibility index (Phi) is 5.57. The molecule has 1 aromatic heterocycles. The van der Waals surface area contributed by atoms with Crippen LogP contribution in [-0.2, 0) is 4.79 Å². The van der Waals surface area contributed by atoms with E-state index in [1.807, 2.05) is 0 Å². The number of phenols is 1. The van der Waals surface area contributed by atoms with Gasteiger partial charge in [-0.05, 0) is 30.3 Å². The van der Waals surface area contributed by atoms with Crippen LogP contribution in [0.1, 0.15) is 0 Å². The first kappa shape index (κ1) is 18.7. The van der Waals surface area contributed by atoms with Gasteiger partial charge in [0.2, 0.25) is 11.8 Å². The molecule has 1 amide bonds. The van der Waals surface area contributed by atoms with Crippen molar-refractivity contribution in [2.45, 2.75) is 5.22 Å². The summed E-state index contributed by atoms with van der Waals surface area (Å²) in [5.74, 6) is -0.350. The lowest BCUT2D eigenvalue weighted by molar-refractivity contribution is -0.384. The predicted molar refractivity (Wildman–Crippen MR) is 98.9 cm³/mol. The van der Waals surface area contributed by atoms with Gasteiger partial charge in [0.05, 0.1) is 16.4 Å². The van der Waals surface area contributed by atoms with E-state index in [1.54, 1.807) is 0 Å². The van der Waals surface area contributed by atoms with Gasteiger partial charge in [0.1, 0.15) is 5.75 Å². The Hall–Kier alpha value is -3.11. The molecule has 0 aliphatic carbocycles. The molecule has 0 atom stereocenters. The molecule has 0 saturated carbocycles. The number of carbonyl (C=O) groups is 1. The minimum absolute atomic E-state index is 0.0339. The molecule has 0 bridgehead atoms. The van der Waals surface area contributed by atoms with E-state index in [2.05, 4.69) is 15.5 Å². The molecule has 11 heteroatoms. The number of non-ortho nitro benzene ring substituents is 1. The van der Waals surface area contributed by atoms with Gasteiger partial charge in [-0.25, -0.2) is 0 Å². The molecule has 0 aliphatic rings. The third-order valence-electron chi connectivity index (χ3n) is 3.29. The fourth-order valence-corrected chi connectivity index (χ4v) is 2.77. The predicted octanol–water partition coefficient (Wildman–Crippen LogP) is 3.73. The zero-order valence-electron chi connectivity index (χ0n) is 13.5. The number of nitrogens with one attached hydrogen (secondary N) is 1. The summed E-state index contributed by atoms with van der Waals surface area (Å²) < 4.78 is 5.43. The molecule has 0 radical (unpaired) electrons. The number of nitro groups is 1. The monoisotopic (exact) mass is 406 g/mol. The summed E-state index contributed by atoms with van der Waals surface area (Å²) in [6, 6.07) is 9.95. The Morgan fingerprint density at radius 1 is 1.26 bits per heavy atom. The van der Waals surface area contributed by atoms with Crippen molar-refractivity contribution in [1.82, 2.24) is 10.2 Å². The zero-order chi connectivity index (χ0) is 19.4. The maximum atomic E-state index is 12.0. The largest absolute Gasteiger partial charge is 0.506 e. The molecule has 2 N–H and O–H groups in total. The van der Waals surface area contributed by atoms with Crippen LogP contribution in [0.25, 0.3) is 11.5 Å². The number of hydrogen-bond donors (Lipinski definition) is 2. The number of thioether (sulfide) groups is 1. The van der Waals surface area contributed by atoms with Crippen molar-refractivity contribution in [2.24, 2.45) is 0 Å². The maximum Gasteiger partial charge on any atom is 0.277 e. The minimum atomic E-state index is -0.505. The Morgan fingerprint density at radius 2 is 2.00 bits per heavy atom. The van der Waals surface area contributed by atoms with Crippen LogP contribution in [0.4, 0.5) is 11.4 Å². The highest BCUT2D eigenvalue weighted by Gasteiger charge is 2.14. The SMILES string of the molecule is O=C(CSc1nnc(-c2ccc([N+](=O)[O-])cc2)o1)Nc1cc(Cl)ccc1O. The second-order valence-corrected chi connectivity index (χ2v) is 6.54. The molecule has 0 saturated heterocycles. The number of halogens is 1. The molecule has 0 spiro atoms. The van der Waals surface area contributed by atoms with Gasteiger partial charge in [-0.1, -0.05) is 23.4 Å². The molecule has 0 fully saturated rings. The summed E-state index contributed by atoms with van der Waals surface area (Å²) in [7, 11) is 0. The van der Waals surface area contributed by atoms with Crippen LogP contribution in [0.2, 0.25) is 5.02 Å². The van der Waals surface area contributed by atoms with Gasteiger partial charge in [-0.3, -0.25) is 14.9 Å². The summed E-state index contributed by atoms with van der Waals surface area (Å²) >= 11 is 6.83. The lowest BCUT2D eigenvalue weighted by Gasteiger charge is -2.06. The number of nitrogens with zero attached hydrogens (tertiary/aromatic N) is 3. The van der Waals surface area contributed by atoms with Crippen molar-refractivity contribution in [3.8, 4) is 17.2 Å². The van der Waals surface area contributed by atoms with Crippen LogP contribution < -0.4 is 5.32 Å². The number of amides is 1. The van der Waals surface area contributed by atoms with Crippen LogP contribution in [-0.4, -0.2) is 31.9 Å². The Bertz CT molecular complexity index is 993. The molecule has 2 aromatic carbocycles. The molecule has 0 unspecified atom stereocenters. The normalized spacial score (nSPS) is 10.6. The van der Waals surface area contributed by atoms with E-state index in [9.17, 15) is 20.0 Å². The number of rotatable bonds is 6. The summed E-state index contributed by atoms with van der Waals surface area (Å²) in [5.41, 5.74) is 0.673. The topological polar surface area (TPSA) is 131 Å². The fraction of sp³-hybridized carbons (Fsp3) is 0.0625. The zero-order valence-corrected chi connectivity index (χ0v) is 15.0. The van der Waals surface area contributed by atoms with E-state index in [4.69, 9.17) is 16.0 Å². The van der Waals surface area contributed by atoms with E-state index >= 15 is 0 Å². The smallest absolute Gasteiger partial charge is 0.277 e. The maximum absolute atomic E-state index is 12.0. The molecule has 0 aliphatic heterocycles. The number of aromatic hydroxyl groups is 1. The summed E-state index contributed by atoms with van der Waals surface area (Å²) in [6.07, 6.45) is 0. The van der Waals surface area contributed by atoms with Crippen LogP contribution >= 0.6 is 23.4 Å². The number of carbonyl (C=O) groups excluding carboxylic acids is 1. The molecule has 1 heterocycles. The molecule has 3 aromatic rings. The van der Waals surface area contributed by atoms with Crippen LogP contribution in [0.5, 0.6) is 5.75 Å². The second-order valence-electron chi connectivity index (χ2n) is 5.18. The van der Waals surface area contributed by atoms with Crippen molar-refractivity contribution in [3.05, 3.63) is 57.6 Å². The molecule has 27 heavy (non-hydrogen) atoms. The second kappa shape index (κ2) is 8.06. The molecule has 3 rings (SSSR count). The van der Waals surface area contributed by atoms with Crippen LogP contribution in [0.3, 0.4) is 0 Å². The highest BCUT2D eigenvalue weighted by Crippen LogP contribution is 2.28. The first-order chi connectivity index (χ1) is 12.9. The number of phenolic OH excluding ortho intramolecular Hbond substituents is 1. The van der Waals surface area contributed by atoms with Crippen molar-refractivity contribution >= 4 is 40.6 Å². The fourth-order valence-electron chi connectivity index (χ4n) is 2.03. The third kappa shape index (κ3) is 4.74. The van der Waals surface area contributed by atoms with Crippen LogP contribution in [0, 0.1) is 10.1 Å². The quantitative estimate of drug-likeness (QED) is 0.274. The number of benzene rings is 2. The van der Waals surface area contributed by atoms with E-state index in [0.717, 1.165) is 11.8 Å². The summed E-state index contributed by atoms with van der Waals surface area (Å²) in [4.78, 5) is 22.1. The van der Waals surface area contributed by atoms with Crippen molar-refractivity contribution in [1.29, 1.82) is 0 Å². The summed E-state index contributed by atoms with van der Waals surface area (Å²) in [5, 5.41) is 31.1. The molecule has 138 valence electrons. The van der Waals surface area contributed by atoms with Crippen molar-refractivity contribution in [3.63, 3.8) is 0 Å². The van der Waals surface area contributed by atoms with E-state index in [0.29, 0.717) is 10.6 Å². The standard InChI is InChI=1S/C16H11ClN4O5S/c17-10-3-6-13(22)12(7-10)18-14(23)8-27-16-20-19-15(26-16)9-1-4-11(5-2-9)21(24)25/h1-7,22H,8H2,(H,18,23). The van der Waals surface area contributed by atoms with Crippen molar-refractivity contribution in [2.75, 3.05) is 11.1 Å².